The number of hydrogen-bond donors (Lipinski definition) is 0. The normalized spacial score (nSPS) is 18.2. The van der Waals surface area contributed by atoms with Gasteiger partial charge in [0.05, 0.1) is 10.7 Å². The van der Waals surface area contributed by atoms with E-state index in [0.29, 0.717) is 17.4 Å². The van der Waals surface area contributed by atoms with Gasteiger partial charge in [-0.3, -0.25) is 9.69 Å². The van der Waals surface area contributed by atoms with Gasteiger partial charge in [0.15, 0.2) is 5.17 Å². The zero-order chi connectivity index (χ0) is 20.4. The molecule has 1 aliphatic rings. The molecule has 1 atom stereocenters. The molecule has 7 heteroatoms. The molecule has 28 heavy (non-hydrogen) atoms. The summed E-state index contributed by atoms with van der Waals surface area (Å²) in [6.45, 7) is 5.86. The maximum absolute atomic E-state index is 13.4. The summed E-state index contributed by atoms with van der Waals surface area (Å²) in [5.41, 5.74) is 2.68. The first-order valence-corrected chi connectivity index (χ1v) is 10.4. The van der Waals surface area contributed by atoms with Crippen LogP contribution in [0.4, 0.5) is 15.8 Å². The third kappa shape index (κ3) is 4.33. The summed E-state index contributed by atoms with van der Waals surface area (Å²) in [5, 5.41) is 0.803. The minimum Gasteiger partial charge on any atom is -0.333 e. The number of benzene rings is 2. The van der Waals surface area contributed by atoms with E-state index in [-0.39, 0.29) is 17.1 Å². The summed E-state index contributed by atoms with van der Waals surface area (Å²) >= 11 is 7.41. The molecule has 1 saturated heterocycles. The lowest BCUT2D eigenvalue weighted by molar-refractivity contribution is -0.117. The number of amidine groups is 1. The summed E-state index contributed by atoms with van der Waals surface area (Å²) in [4.78, 5) is 20.8. The summed E-state index contributed by atoms with van der Waals surface area (Å²) < 4.78 is 13.4. The smallest absolute Gasteiger partial charge is 0.225 e. The van der Waals surface area contributed by atoms with E-state index in [1.165, 1.54) is 17.7 Å². The number of nitrogens with zero attached hydrogens (tertiary/aromatic N) is 3. The number of rotatable bonds is 4. The molecular formula is C21H23ClFN3OS. The highest BCUT2D eigenvalue weighted by Gasteiger charge is 2.34. The van der Waals surface area contributed by atoms with Crippen molar-refractivity contribution in [2.75, 3.05) is 17.7 Å². The highest BCUT2D eigenvalue weighted by atomic mass is 35.5. The van der Waals surface area contributed by atoms with Crippen molar-refractivity contribution in [1.82, 2.24) is 4.90 Å². The van der Waals surface area contributed by atoms with Gasteiger partial charge in [0, 0.05) is 25.4 Å². The van der Waals surface area contributed by atoms with E-state index < -0.39 is 5.82 Å². The summed E-state index contributed by atoms with van der Waals surface area (Å²) in [6, 6.07) is 12.5. The van der Waals surface area contributed by atoms with E-state index in [4.69, 9.17) is 11.6 Å². The molecule has 3 rings (SSSR count). The highest BCUT2D eigenvalue weighted by molar-refractivity contribution is 8.14. The molecule has 2 aromatic rings. The molecule has 0 saturated carbocycles. The van der Waals surface area contributed by atoms with Crippen LogP contribution in [0.5, 0.6) is 0 Å². The minimum absolute atomic E-state index is 0.0270. The predicted octanol–water partition coefficient (Wildman–Crippen LogP) is 5.65. The molecule has 1 unspecified atom stereocenters. The zero-order valence-corrected chi connectivity index (χ0v) is 17.9. The lowest BCUT2D eigenvalue weighted by Crippen LogP contribution is -2.48. The first kappa shape index (κ1) is 20.7. The SMILES string of the molecule is CC(=O)N(c1ccc(C(C)C)cc1)C1CSC(=Nc2ccc(F)c(Cl)c2)N1C. The van der Waals surface area contributed by atoms with Gasteiger partial charge in [-0.15, -0.1) is 0 Å². The Morgan fingerprint density at radius 1 is 1.29 bits per heavy atom. The van der Waals surface area contributed by atoms with Crippen LogP contribution in [0.1, 0.15) is 32.3 Å². The standard InChI is InChI=1S/C21H23ClFN3OS/c1-13(2)15-5-8-17(9-6-15)26(14(3)27)20-12-28-21(25(20)4)24-16-7-10-19(23)18(22)11-16/h5-11,13,20H,12H2,1-4H3. The lowest BCUT2D eigenvalue weighted by Gasteiger charge is -2.33. The minimum atomic E-state index is -0.469. The van der Waals surface area contributed by atoms with E-state index in [0.717, 1.165) is 10.9 Å². The Labute approximate surface area is 174 Å². The number of anilines is 1. The van der Waals surface area contributed by atoms with E-state index in [2.05, 4.69) is 31.0 Å². The zero-order valence-electron chi connectivity index (χ0n) is 16.3. The average Bonchev–Trinajstić information content (AvgIpc) is 2.99. The largest absolute Gasteiger partial charge is 0.333 e. The maximum atomic E-state index is 13.4. The fourth-order valence-electron chi connectivity index (χ4n) is 3.10. The van der Waals surface area contributed by atoms with Gasteiger partial charge in [0.2, 0.25) is 5.91 Å². The number of amides is 1. The van der Waals surface area contributed by atoms with Gasteiger partial charge in [-0.25, -0.2) is 9.38 Å². The van der Waals surface area contributed by atoms with Crippen LogP contribution in [-0.2, 0) is 4.79 Å². The Balaban J connectivity index is 1.86. The molecule has 0 N–H and O–H groups in total. The van der Waals surface area contributed by atoms with Crippen molar-refractivity contribution in [1.29, 1.82) is 0 Å². The van der Waals surface area contributed by atoms with Gasteiger partial charge in [-0.1, -0.05) is 49.3 Å². The van der Waals surface area contributed by atoms with Crippen LogP contribution < -0.4 is 4.90 Å². The molecule has 1 amide bonds. The molecule has 0 bridgehead atoms. The Kier molecular flexibility index (Phi) is 6.30. The molecule has 0 aromatic heterocycles. The Bertz CT molecular complexity index is 901. The number of carbonyl (C=O) groups is 1. The van der Waals surface area contributed by atoms with Gasteiger partial charge in [-0.05, 0) is 41.8 Å². The van der Waals surface area contributed by atoms with Crippen LogP contribution in [0.3, 0.4) is 0 Å². The second kappa shape index (κ2) is 8.53. The monoisotopic (exact) mass is 419 g/mol. The molecule has 0 aliphatic carbocycles. The van der Waals surface area contributed by atoms with Crippen LogP contribution in [0, 0.1) is 5.82 Å². The second-order valence-corrected chi connectivity index (χ2v) is 8.42. The third-order valence-corrected chi connectivity index (χ3v) is 6.11. The van der Waals surface area contributed by atoms with Crippen LogP contribution in [0.15, 0.2) is 47.5 Å². The van der Waals surface area contributed by atoms with Crippen molar-refractivity contribution in [3.05, 3.63) is 58.9 Å². The summed E-state index contributed by atoms with van der Waals surface area (Å²) in [7, 11) is 1.91. The second-order valence-electron chi connectivity index (χ2n) is 7.03. The van der Waals surface area contributed by atoms with Crippen LogP contribution in [0.2, 0.25) is 5.02 Å². The topological polar surface area (TPSA) is 35.9 Å². The Morgan fingerprint density at radius 3 is 2.54 bits per heavy atom. The number of carbonyl (C=O) groups excluding carboxylic acids is 1. The van der Waals surface area contributed by atoms with Crippen LogP contribution >= 0.6 is 23.4 Å². The lowest BCUT2D eigenvalue weighted by atomic mass is 10.0. The first-order valence-electron chi connectivity index (χ1n) is 9.07. The number of hydrogen-bond acceptors (Lipinski definition) is 3. The van der Waals surface area contributed by atoms with Crippen LogP contribution in [-0.4, -0.2) is 34.9 Å². The number of thioether (sulfide) groups is 1. The van der Waals surface area contributed by atoms with E-state index in [9.17, 15) is 9.18 Å². The Morgan fingerprint density at radius 2 is 1.96 bits per heavy atom. The van der Waals surface area contributed by atoms with Gasteiger partial charge >= 0.3 is 0 Å². The molecule has 1 aliphatic heterocycles. The highest BCUT2D eigenvalue weighted by Crippen LogP contribution is 2.32. The molecular weight excluding hydrogens is 397 g/mol. The van der Waals surface area contributed by atoms with E-state index in [1.807, 2.05) is 24.1 Å². The van der Waals surface area contributed by atoms with Crippen molar-refractivity contribution < 1.29 is 9.18 Å². The summed E-state index contributed by atoms with van der Waals surface area (Å²) in [6.07, 6.45) is -0.151. The number of aliphatic imine (C=N–C) groups is 1. The molecule has 1 heterocycles. The molecule has 0 radical (unpaired) electrons. The van der Waals surface area contributed by atoms with Crippen molar-refractivity contribution in [3.8, 4) is 0 Å². The van der Waals surface area contributed by atoms with Crippen molar-refractivity contribution >= 4 is 45.8 Å². The van der Waals surface area contributed by atoms with E-state index >= 15 is 0 Å². The van der Waals surface area contributed by atoms with Gasteiger partial charge in [0.25, 0.3) is 0 Å². The predicted molar refractivity (Wildman–Crippen MR) is 116 cm³/mol. The van der Waals surface area contributed by atoms with Crippen LogP contribution in [0.25, 0.3) is 0 Å². The Hall–Kier alpha value is -2.05. The van der Waals surface area contributed by atoms with Crippen molar-refractivity contribution in [3.63, 3.8) is 0 Å². The van der Waals surface area contributed by atoms with Gasteiger partial charge in [0.1, 0.15) is 12.0 Å². The first-order chi connectivity index (χ1) is 13.3. The summed E-state index contributed by atoms with van der Waals surface area (Å²) in [5.74, 6) is 0.630. The van der Waals surface area contributed by atoms with Gasteiger partial charge in [-0.2, -0.15) is 0 Å². The third-order valence-electron chi connectivity index (χ3n) is 4.71. The molecule has 4 nitrogen and oxygen atoms in total. The molecule has 0 spiro atoms. The molecule has 2 aromatic carbocycles. The molecule has 148 valence electrons. The quantitative estimate of drug-likeness (QED) is 0.642. The van der Waals surface area contributed by atoms with Crippen molar-refractivity contribution in [2.45, 2.75) is 32.9 Å². The maximum Gasteiger partial charge on any atom is 0.225 e. The van der Waals surface area contributed by atoms with E-state index in [1.54, 1.807) is 29.7 Å². The average molecular weight is 420 g/mol. The van der Waals surface area contributed by atoms with Gasteiger partial charge < -0.3 is 4.90 Å². The molecule has 1 fully saturated rings. The fraction of sp³-hybridized carbons (Fsp3) is 0.333. The van der Waals surface area contributed by atoms with Crippen molar-refractivity contribution in [2.24, 2.45) is 4.99 Å². The number of halogens is 2. The fourth-order valence-corrected chi connectivity index (χ4v) is 4.44.